The first kappa shape index (κ1) is 19.7. The van der Waals surface area contributed by atoms with Crippen molar-refractivity contribution in [3.8, 4) is 0 Å². The predicted molar refractivity (Wildman–Crippen MR) is 96.3 cm³/mol. The summed E-state index contributed by atoms with van der Waals surface area (Å²) in [5.41, 5.74) is 0.618. The molecule has 0 amide bonds. The van der Waals surface area contributed by atoms with E-state index in [0.717, 1.165) is 5.56 Å². The lowest BCUT2D eigenvalue weighted by atomic mass is 9.74. The van der Waals surface area contributed by atoms with Crippen molar-refractivity contribution in [2.24, 2.45) is 0 Å². The Labute approximate surface area is 156 Å². The minimum absolute atomic E-state index is 0.130. The molecule has 0 saturated carbocycles. The van der Waals surface area contributed by atoms with Crippen LogP contribution in [0.3, 0.4) is 0 Å². The minimum atomic E-state index is -4.72. The molecule has 1 fully saturated rings. The Kier molecular flexibility index (Phi) is 5.76. The number of alkyl halides is 2. The van der Waals surface area contributed by atoms with Crippen LogP contribution in [0.1, 0.15) is 18.4 Å². The van der Waals surface area contributed by atoms with E-state index in [9.17, 15) is 21.6 Å². The summed E-state index contributed by atoms with van der Waals surface area (Å²) in [6.45, 7) is 1.34. The average Bonchev–Trinajstić information content (AvgIpc) is 2.67. The maximum Gasteiger partial charge on any atom is 0.341 e. The van der Waals surface area contributed by atoms with E-state index in [1.165, 1.54) is 30.3 Å². The van der Waals surface area contributed by atoms with Crippen molar-refractivity contribution in [3.63, 3.8) is 0 Å². The van der Waals surface area contributed by atoms with E-state index in [2.05, 4.69) is 5.32 Å². The number of nitrogens with one attached hydrogen (secondary N) is 1. The SMILES string of the molecule is O=S(=O)(c1ccccc1NCC1(c2ccc(F)cc2)CCOCC1)C(F)F. The van der Waals surface area contributed by atoms with Crippen molar-refractivity contribution < 1.29 is 26.3 Å². The number of rotatable bonds is 6. The number of sulfone groups is 1. The number of para-hydroxylation sites is 1. The van der Waals surface area contributed by atoms with Crippen LogP contribution in [0.15, 0.2) is 53.4 Å². The molecule has 2 aromatic carbocycles. The maximum atomic E-state index is 13.3. The van der Waals surface area contributed by atoms with Crippen LogP contribution in [0.4, 0.5) is 18.9 Å². The predicted octanol–water partition coefficient (Wildman–Crippen LogP) is 3.98. The van der Waals surface area contributed by atoms with Crippen molar-refractivity contribution >= 4 is 15.5 Å². The number of anilines is 1. The normalized spacial score (nSPS) is 17.0. The summed E-state index contributed by atoms with van der Waals surface area (Å²) in [4.78, 5) is -0.429. The van der Waals surface area contributed by atoms with Gasteiger partial charge in [0.25, 0.3) is 0 Å². The van der Waals surface area contributed by atoms with E-state index in [0.29, 0.717) is 32.6 Å². The molecule has 1 saturated heterocycles. The molecule has 0 atom stereocenters. The molecule has 27 heavy (non-hydrogen) atoms. The molecule has 0 unspecified atom stereocenters. The largest absolute Gasteiger partial charge is 0.383 e. The first-order valence-corrected chi connectivity index (χ1v) is 10.1. The molecule has 1 heterocycles. The van der Waals surface area contributed by atoms with Crippen molar-refractivity contribution in [2.75, 3.05) is 25.1 Å². The molecule has 0 aliphatic carbocycles. The smallest absolute Gasteiger partial charge is 0.341 e. The molecule has 4 nitrogen and oxygen atoms in total. The summed E-state index contributed by atoms with van der Waals surface area (Å²) >= 11 is 0. The molecule has 1 N–H and O–H groups in total. The van der Waals surface area contributed by atoms with Gasteiger partial charge in [-0.15, -0.1) is 0 Å². The molecular weight excluding hydrogens is 379 g/mol. The molecule has 1 aliphatic rings. The lowest BCUT2D eigenvalue weighted by molar-refractivity contribution is 0.0543. The fourth-order valence-electron chi connectivity index (χ4n) is 3.35. The zero-order chi connectivity index (χ0) is 19.5. The van der Waals surface area contributed by atoms with Gasteiger partial charge in [-0.1, -0.05) is 24.3 Å². The molecular formula is C19H20F3NO3S. The van der Waals surface area contributed by atoms with Gasteiger partial charge in [-0.3, -0.25) is 0 Å². The highest BCUT2D eigenvalue weighted by Gasteiger charge is 2.35. The van der Waals surface area contributed by atoms with Gasteiger partial charge in [0.1, 0.15) is 5.82 Å². The summed E-state index contributed by atoms with van der Waals surface area (Å²) in [6.07, 6.45) is 1.30. The fourth-order valence-corrected chi connectivity index (χ4v) is 4.26. The summed E-state index contributed by atoms with van der Waals surface area (Å²) in [5.74, 6) is -3.84. The Morgan fingerprint density at radius 2 is 1.67 bits per heavy atom. The number of hydrogen-bond donors (Lipinski definition) is 1. The van der Waals surface area contributed by atoms with E-state index in [-0.39, 0.29) is 11.5 Å². The van der Waals surface area contributed by atoms with Crippen LogP contribution in [-0.4, -0.2) is 33.9 Å². The van der Waals surface area contributed by atoms with Gasteiger partial charge in [-0.2, -0.15) is 8.78 Å². The third-order valence-electron chi connectivity index (χ3n) is 4.95. The Hall–Kier alpha value is -2.06. The summed E-state index contributed by atoms with van der Waals surface area (Å²) < 4.78 is 68.6. The quantitative estimate of drug-likeness (QED) is 0.798. The van der Waals surface area contributed by atoms with Gasteiger partial charge in [0.15, 0.2) is 0 Å². The van der Waals surface area contributed by atoms with Crippen LogP contribution in [0, 0.1) is 5.82 Å². The van der Waals surface area contributed by atoms with Crippen LogP contribution in [0.2, 0.25) is 0 Å². The van der Waals surface area contributed by atoms with E-state index >= 15 is 0 Å². The number of hydrogen-bond acceptors (Lipinski definition) is 4. The van der Waals surface area contributed by atoms with E-state index in [4.69, 9.17) is 4.74 Å². The third kappa shape index (κ3) is 4.11. The first-order chi connectivity index (χ1) is 12.8. The third-order valence-corrected chi connectivity index (χ3v) is 6.39. The van der Waals surface area contributed by atoms with Crippen LogP contribution in [0.25, 0.3) is 0 Å². The van der Waals surface area contributed by atoms with Crippen LogP contribution in [0.5, 0.6) is 0 Å². The van der Waals surface area contributed by atoms with Crippen molar-refractivity contribution in [2.45, 2.75) is 28.9 Å². The lowest BCUT2D eigenvalue weighted by Crippen LogP contribution is -2.40. The van der Waals surface area contributed by atoms with E-state index in [1.54, 1.807) is 18.2 Å². The average molecular weight is 399 g/mol. The molecule has 146 valence electrons. The second-order valence-corrected chi connectivity index (χ2v) is 8.44. The number of ether oxygens (including phenoxy) is 1. The molecule has 8 heteroatoms. The fraction of sp³-hybridized carbons (Fsp3) is 0.368. The van der Waals surface area contributed by atoms with Crippen molar-refractivity contribution in [1.29, 1.82) is 0 Å². The summed E-state index contributed by atoms with van der Waals surface area (Å²) in [5, 5.41) is 3.04. The number of benzene rings is 2. The monoisotopic (exact) mass is 399 g/mol. The van der Waals surface area contributed by atoms with Gasteiger partial charge in [-0.05, 0) is 42.7 Å². The van der Waals surface area contributed by atoms with Crippen molar-refractivity contribution in [3.05, 3.63) is 59.9 Å². The van der Waals surface area contributed by atoms with E-state index < -0.39 is 25.9 Å². The minimum Gasteiger partial charge on any atom is -0.383 e. The summed E-state index contributed by atoms with van der Waals surface area (Å²) in [7, 11) is -4.72. The zero-order valence-corrected chi connectivity index (χ0v) is 15.3. The lowest BCUT2D eigenvalue weighted by Gasteiger charge is -2.38. The Balaban J connectivity index is 1.90. The summed E-state index contributed by atoms with van der Waals surface area (Å²) in [6, 6.07) is 11.8. The molecule has 0 bridgehead atoms. The van der Waals surface area contributed by atoms with Gasteiger partial charge in [0.2, 0.25) is 9.84 Å². The highest BCUT2D eigenvalue weighted by molar-refractivity contribution is 7.91. The maximum absolute atomic E-state index is 13.3. The molecule has 1 aliphatic heterocycles. The highest BCUT2D eigenvalue weighted by Crippen LogP contribution is 2.36. The van der Waals surface area contributed by atoms with Gasteiger partial charge >= 0.3 is 5.76 Å². The zero-order valence-electron chi connectivity index (χ0n) is 14.5. The van der Waals surface area contributed by atoms with Gasteiger partial charge < -0.3 is 10.1 Å². The first-order valence-electron chi connectivity index (χ1n) is 8.54. The standard InChI is InChI=1S/C19H20F3NO3S/c20-15-7-5-14(6-8-15)19(9-11-26-12-10-19)13-23-16-3-1-2-4-17(16)27(24,25)18(21)22/h1-8,18,23H,9-13H2. The van der Waals surface area contributed by atoms with Gasteiger partial charge in [0, 0.05) is 25.2 Å². The van der Waals surface area contributed by atoms with Crippen molar-refractivity contribution in [1.82, 2.24) is 0 Å². The van der Waals surface area contributed by atoms with E-state index in [1.807, 2.05) is 0 Å². The Morgan fingerprint density at radius 1 is 1.04 bits per heavy atom. The van der Waals surface area contributed by atoms with Crippen LogP contribution >= 0.6 is 0 Å². The molecule has 3 rings (SSSR count). The molecule has 0 spiro atoms. The molecule has 0 aromatic heterocycles. The van der Waals surface area contributed by atoms with Crippen LogP contribution < -0.4 is 5.32 Å². The molecule has 2 aromatic rings. The number of halogens is 3. The van der Waals surface area contributed by atoms with Gasteiger partial charge in [0.05, 0.1) is 10.6 Å². The Morgan fingerprint density at radius 3 is 2.30 bits per heavy atom. The van der Waals surface area contributed by atoms with Gasteiger partial charge in [-0.25, -0.2) is 12.8 Å². The highest BCUT2D eigenvalue weighted by atomic mass is 32.2. The topological polar surface area (TPSA) is 55.4 Å². The second-order valence-electron chi connectivity index (χ2n) is 6.55. The van der Waals surface area contributed by atoms with Crippen LogP contribution in [-0.2, 0) is 20.0 Å². The second kappa shape index (κ2) is 7.90. The Bertz CT molecular complexity index is 879. The molecule has 0 radical (unpaired) electrons.